The van der Waals surface area contributed by atoms with Gasteiger partial charge in [-0.1, -0.05) is 72.1 Å². The standard InChI is InChI=1S/C15H33P/c1-4-7-8-9-10-11-12-13-15-16(6-3)14-5-2/h4-15H2,1-3H3. The molecule has 16 heavy (non-hydrogen) atoms. The van der Waals surface area contributed by atoms with E-state index in [0.29, 0.717) is 7.92 Å². The molecule has 0 aliphatic rings. The lowest BCUT2D eigenvalue weighted by molar-refractivity contribution is 0.586. The summed E-state index contributed by atoms with van der Waals surface area (Å²) in [6, 6.07) is 0. The van der Waals surface area contributed by atoms with Crippen LogP contribution in [0.4, 0.5) is 0 Å². The van der Waals surface area contributed by atoms with Crippen molar-refractivity contribution in [2.45, 2.75) is 78.6 Å². The quantitative estimate of drug-likeness (QED) is 0.290. The highest BCUT2D eigenvalue weighted by atomic mass is 31.1. The van der Waals surface area contributed by atoms with E-state index < -0.39 is 0 Å². The molecule has 0 aromatic heterocycles. The van der Waals surface area contributed by atoms with Crippen LogP contribution in [0, 0.1) is 0 Å². The van der Waals surface area contributed by atoms with E-state index >= 15 is 0 Å². The van der Waals surface area contributed by atoms with E-state index in [1.165, 1.54) is 70.1 Å². The molecule has 1 atom stereocenters. The van der Waals surface area contributed by atoms with Gasteiger partial charge in [-0.25, -0.2) is 0 Å². The molecule has 0 aromatic rings. The van der Waals surface area contributed by atoms with Gasteiger partial charge in [0.25, 0.3) is 0 Å². The average Bonchev–Trinajstić information content (AvgIpc) is 2.31. The Morgan fingerprint density at radius 2 is 1.12 bits per heavy atom. The van der Waals surface area contributed by atoms with Gasteiger partial charge in [0.05, 0.1) is 0 Å². The van der Waals surface area contributed by atoms with Crippen molar-refractivity contribution in [2.24, 2.45) is 0 Å². The zero-order chi connectivity index (χ0) is 12.1. The second-order valence-corrected chi connectivity index (χ2v) is 7.78. The Labute approximate surface area is 105 Å². The van der Waals surface area contributed by atoms with Gasteiger partial charge in [-0.05, 0) is 24.9 Å². The predicted molar refractivity (Wildman–Crippen MR) is 80.1 cm³/mol. The SMILES string of the molecule is CCCCCCCCCCP(CC)CCC. The van der Waals surface area contributed by atoms with Gasteiger partial charge in [0.15, 0.2) is 0 Å². The van der Waals surface area contributed by atoms with Crippen LogP contribution in [0.2, 0.25) is 0 Å². The summed E-state index contributed by atoms with van der Waals surface area (Å²) < 4.78 is 0. The molecule has 0 bridgehead atoms. The van der Waals surface area contributed by atoms with Crippen molar-refractivity contribution in [3.05, 3.63) is 0 Å². The van der Waals surface area contributed by atoms with Gasteiger partial charge in [-0.2, -0.15) is 0 Å². The summed E-state index contributed by atoms with van der Waals surface area (Å²) in [5.74, 6) is 0. The molecule has 0 saturated carbocycles. The van der Waals surface area contributed by atoms with Crippen molar-refractivity contribution < 1.29 is 0 Å². The Hall–Kier alpha value is 0.430. The van der Waals surface area contributed by atoms with Crippen LogP contribution in [0.15, 0.2) is 0 Å². The van der Waals surface area contributed by atoms with E-state index in [1.54, 1.807) is 6.16 Å². The zero-order valence-corrected chi connectivity index (χ0v) is 12.8. The number of hydrogen-bond acceptors (Lipinski definition) is 0. The molecular formula is C15H33P. The van der Waals surface area contributed by atoms with E-state index in [0.717, 1.165) is 0 Å². The maximum Gasteiger partial charge on any atom is -0.0326 e. The lowest BCUT2D eigenvalue weighted by atomic mass is 10.1. The molecule has 1 heteroatoms. The van der Waals surface area contributed by atoms with Crippen molar-refractivity contribution in [3.8, 4) is 0 Å². The monoisotopic (exact) mass is 244 g/mol. The van der Waals surface area contributed by atoms with E-state index in [1.807, 2.05) is 0 Å². The third-order valence-corrected chi connectivity index (χ3v) is 6.24. The Kier molecular flexibility index (Phi) is 13.9. The normalized spacial score (nSPS) is 12.9. The van der Waals surface area contributed by atoms with Crippen LogP contribution in [0.1, 0.15) is 78.6 Å². The minimum atomic E-state index is 0.411. The summed E-state index contributed by atoms with van der Waals surface area (Å²) in [4.78, 5) is 0. The first-order valence-corrected chi connectivity index (χ1v) is 9.47. The van der Waals surface area contributed by atoms with Crippen LogP contribution in [-0.4, -0.2) is 18.5 Å². The van der Waals surface area contributed by atoms with Crippen LogP contribution in [0.3, 0.4) is 0 Å². The van der Waals surface area contributed by atoms with Gasteiger partial charge in [0.2, 0.25) is 0 Å². The molecule has 0 rings (SSSR count). The molecular weight excluding hydrogens is 211 g/mol. The second-order valence-electron chi connectivity index (χ2n) is 4.91. The summed E-state index contributed by atoms with van der Waals surface area (Å²) in [5.41, 5.74) is 0. The molecule has 0 aliphatic carbocycles. The van der Waals surface area contributed by atoms with Crippen molar-refractivity contribution in [1.29, 1.82) is 0 Å². The highest BCUT2D eigenvalue weighted by molar-refractivity contribution is 7.57. The van der Waals surface area contributed by atoms with Crippen molar-refractivity contribution in [3.63, 3.8) is 0 Å². The third kappa shape index (κ3) is 10.9. The van der Waals surface area contributed by atoms with Crippen LogP contribution >= 0.6 is 7.92 Å². The fourth-order valence-corrected chi connectivity index (χ4v) is 4.37. The first-order chi connectivity index (χ1) is 7.85. The first kappa shape index (κ1) is 16.4. The Bertz CT molecular complexity index is 123. The number of rotatable bonds is 12. The van der Waals surface area contributed by atoms with Crippen molar-refractivity contribution in [2.75, 3.05) is 18.5 Å². The summed E-state index contributed by atoms with van der Waals surface area (Å²) in [6.07, 6.45) is 17.7. The van der Waals surface area contributed by atoms with Crippen LogP contribution in [0.25, 0.3) is 0 Å². The van der Waals surface area contributed by atoms with E-state index in [9.17, 15) is 0 Å². The fourth-order valence-electron chi connectivity index (χ4n) is 2.21. The molecule has 0 fully saturated rings. The zero-order valence-electron chi connectivity index (χ0n) is 11.9. The second kappa shape index (κ2) is 13.5. The highest BCUT2D eigenvalue weighted by Crippen LogP contribution is 2.36. The Morgan fingerprint density at radius 3 is 1.62 bits per heavy atom. The Morgan fingerprint density at radius 1 is 0.562 bits per heavy atom. The Balaban J connectivity index is 3.12. The lowest BCUT2D eigenvalue weighted by Crippen LogP contribution is -1.92. The number of unbranched alkanes of at least 4 members (excludes halogenated alkanes) is 7. The largest absolute Gasteiger partial charge is 0.107 e. The van der Waals surface area contributed by atoms with Crippen molar-refractivity contribution >= 4 is 7.92 Å². The maximum atomic E-state index is 2.38. The lowest BCUT2D eigenvalue weighted by Gasteiger charge is -2.14. The van der Waals surface area contributed by atoms with Gasteiger partial charge >= 0.3 is 0 Å². The summed E-state index contributed by atoms with van der Waals surface area (Å²) in [6.45, 7) is 7.01. The van der Waals surface area contributed by atoms with Gasteiger partial charge in [0, 0.05) is 0 Å². The fraction of sp³-hybridized carbons (Fsp3) is 1.00. The summed E-state index contributed by atoms with van der Waals surface area (Å²) >= 11 is 0. The van der Waals surface area contributed by atoms with Gasteiger partial charge in [-0.15, -0.1) is 7.92 Å². The third-order valence-electron chi connectivity index (χ3n) is 3.31. The van der Waals surface area contributed by atoms with Crippen molar-refractivity contribution in [1.82, 2.24) is 0 Å². The molecule has 0 aliphatic heterocycles. The topological polar surface area (TPSA) is 0 Å². The van der Waals surface area contributed by atoms with Gasteiger partial charge in [-0.3, -0.25) is 0 Å². The first-order valence-electron chi connectivity index (χ1n) is 7.57. The summed E-state index contributed by atoms with van der Waals surface area (Å²) in [5, 5.41) is 0. The molecule has 0 spiro atoms. The molecule has 0 nitrogen and oxygen atoms in total. The van der Waals surface area contributed by atoms with E-state index in [-0.39, 0.29) is 0 Å². The minimum absolute atomic E-state index is 0.411. The molecule has 0 N–H and O–H groups in total. The predicted octanol–water partition coefficient (Wildman–Crippen LogP) is 6.04. The number of hydrogen-bond donors (Lipinski definition) is 0. The highest BCUT2D eigenvalue weighted by Gasteiger charge is 2.02. The van der Waals surface area contributed by atoms with E-state index in [4.69, 9.17) is 0 Å². The molecule has 1 unspecified atom stereocenters. The average molecular weight is 244 g/mol. The van der Waals surface area contributed by atoms with Gasteiger partial charge in [0.1, 0.15) is 0 Å². The maximum absolute atomic E-state index is 2.38. The van der Waals surface area contributed by atoms with Crippen LogP contribution in [-0.2, 0) is 0 Å². The molecule has 0 heterocycles. The molecule has 0 radical (unpaired) electrons. The molecule has 0 saturated heterocycles. The van der Waals surface area contributed by atoms with Crippen LogP contribution < -0.4 is 0 Å². The molecule has 0 amide bonds. The van der Waals surface area contributed by atoms with E-state index in [2.05, 4.69) is 20.8 Å². The van der Waals surface area contributed by atoms with Gasteiger partial charge < -0.3 is 0 Å². The smallest absolute Gasteiger partial charge is 0.0326 e. The molecule has 0 aromatic carbocycles. The minimum Gasteiger partial charge on any atom is -0.107 e. The molecule has 98 valence electrons. The van der Waals surface area contributed by atoms with Crippen LogP contribution in [0.5, 0.6) is 0 Å². The summed E-state index contributed by atoms with van der Waals surface area (Å²) in [7, 11) is 0.411.